The molecule has 0 unspecified atom stereocenters. The zero-order valence-electron chi connectivity index (χ0n) is 8.76. The van der Waals surface area contributed by atoms with Gasteiger partial charge < -0.3 is 14.6 Å². The monoisotopic (exact) mass is 209 g/mol. The van der Waals surface area contributed by atoms with Crippen molar-refractivity contribution in [2.45, 2.75) is 18.9 Å². The van der Waals surface area contributed by atoms with E-state index in [1.54, 1.807) is 22.0 Å². The van der Waals surface area contributed by atoms with Crippen molar-refractivity contribution >= 4 is 5.91 Å². The van der Waals surface area contributed by atoms with Gasteiger partial charge in [0, 0.05) is 26.3 Å². The van der Waals surface area contributed by atoms with Gasteiger partial charge in [-0.15, -0.1) is 0 Å². The lowest BCUT2D eigenvalue weighted by atomic mass is 10.1. The molecule has 1 saturated heterocycles. The number of carbonyl (C=O) groups is 1. The van der Waals surface area contributed by atoms with E-state index in [-0.39, 0.29) is 12.0 Å². The van der Waals surface area contributed by atoms with Crippen LogP contribution < -0.4 is 0 Å². The number of aryl methyl sites for hydroxylation is 1. The number of rotatable bonds is 1. The van der Waals surface area contributed by atoms with Crippen molar-refractivity contribution in [1.29, 1.82) is 0 Å². The Kier molecular flexibility index (Phi) is 2.73. The molecule has 1 aromatic rings. The van der Waals surface area contributed by atoms with Crippen molar-refractivity contribution in [3.05, 3.63) is 18.2 Å². The minimum atomic E-state index is -0.383. The molecule has 2 heterocycles. The predicted octanol–water partition coefficient (Wildman–Crippen LogP) is 0.0170. The van der Waals surface area contributed by atoms with Gasteiger partial charge in [0.2, 0.25) is 0 Å². The number of hydrogen-bond acceptors (Lipinski definition) is 3. The summed E-state index contributed by atoms with van der Waals surface area (Å²) in [5, 5.41) is 9.46. The smallest absolute Gasteiger partial charge is 0.274 e. The summed E-state index contributed by atoms with van der Waals surface area (Å²) in [5.74, 6) is -0.0886. The van der Waals surface area contributed by atoms with Gasteiger partial charge in [0.1, 0.15) is 5.69 Å². The van der Waals surface area contributed by atoms with E-state index in [0.717, 1.165) is 12.8 Å². The molecule has 0 spiro atoms. The second kappa shape index (κ2) is 4.02. The lowest BCUT2D eigenvalue weighted by molar-refractivity contribution is 0.0469. The van der Waals surface area contributed by atoms with Crippen molar-refractivity contribution in [1.82, 2.24) is 14.5 Å². The van der Waals surface area contributed by atoms with Gasteiger partial charge in [0.15, 0.2) is 0 Å². The van der Waals surface area contributed by atoms with E-state index in [9.17, 15) is 9.90 Å². The van der Waals surface area contributed by atoms with Crippen LogP contribution in [0.3, 0.4) is 0 Å². The molecule has 0 aromatic carbocycles. The first-order valence-electron chi connectivity index (χ1n) is 5.12. The summed E-state index contributed by atoms with van der Waals surface area (Å²) in [6.07, 6.45) is 4.56. The molecule has 1 fully saturated rings. The number of β-amino-alcohol motifs (C(OH)–C–C–N with tert-alkyl or cyclic N) is 1. The van der Waals surface area contributed by atoms with Crippen LogP contribution in [-0.2, 0) is 7.05 Å². The Labute approximate surface area is 88.3 Å². The molecule has 1 atom stereocenters. The van der Waals surface area contributed by atoms with E-state index < -0.39 is 0 Å². The Morgan fingerprint density at radius 2 is 2.47 bits per heavy atom. The SMILES string of the molecule is Cn1cnc(C(=O)N2CCC[C@H](O)C2)c1. The quantitative estimate of drug-likeness (QED) is 0.709. The number of aromatic nitrogens is 2. The molecule has 5 heteroatoms. The Hall–Kier alpha value is -1.36. The second-order valence-electron chi connectivity index (χ2n) is 3.97. The zero-order chi connectivity index (χ0) is 10.8. The predicted molar refractivity (Wildman–Crippen MR) is 54.4 cm³/mol. The maximum Gasteiger partial charge on any atom is 0.274 e. The summed E-state index contributed by atoms with van der Waals surface area (Å²) in [6, 6.07) is 0. The summed E-state index contributed by atoms with van der Waals surface area (Å²) in [4.78, 5) is 17.6. The third-order valence-corrected chi connectivity index (χ3v) is 2.61. The molecule has 1 aliphatic rings. The van der Waals surface area contributed by atoms with E-state index in [1.165, 1.54) is 0 Å². The number of aliphatic hydroxyl groups excluding tert-OH is 1. The maximum absolute atomic E-state index is 11.9. The van der Waals surface area contributed by atoms with Crippen LogP contribution in [0, 0.1) is 0 Å². The highest BCUT2D eigenvalue weighted by molar-refractivity contribution is 5.92. The average molecular weight is 209 g/mol. The third kappa shape index (κ3) is 2.18. The first-order valence-corrected chi connectivity index (χ1v) is 5.12. The van der Waals surface area contributed by atoms with E-state index in [0.29, 0.717) is 18.8 Å². The van der Waals surface area contributed by atoms with Gasteiger partial charge in [-0.05, 0) is 12.8 Å². The topological polar surface area (TPSA) is 58.4 Å². The van der Waals surface area contributed by atoms with Gasteiger partial charge in [0.05, 0.1) is 12.4 Å². The number of piperidine rings is 1. The van der Waals surface area contributed by atoms with Crippen molar-refractivity contribution in [3.63, 3.8) is 0 Å². The number of amides is 1. The molecule has 1 aliphatic heterocycles. The number of nitrogens with zero attached hydrogens (tertiary/aromatic N) is 3. The van der Waals surface area contributed by atoms with Gasteiger partial charge in [-0.3, -0.25) is 4.79 Å². The van der Waals surface area contributed by atoms with E-state index in [2.05, 4.69) is 4.98 Å². The molecule has 0 bridgehead atoms. The molecule has 0 radical (unpaired) electrons. The third-order valence-electron chi connectivity index (χ3n) is 2.61. The standard InChI is InChI=1S/C10H15N3O2/c1-12-6-9(11-7-12)10(15)13-4-2-3-8(14)5-13/h6-8,14H,2-5H2,1H3/t8-/m0/s1. The fourth-order valence-corrected chi connectivity index (χ4v) is 1.82. The van der Waals surface area contributed by atoms with Crippen molar-refractivity contribution in [2.75, 3.05) is 13.1 Å². The van der Waals surface area contributed by atoms with Gasteiger partial charge >= 0.3 is 0 Å². The van der Waals surface area contributed by atoms with Gasteiger partial charge in [-0.25, -0.2) is 4.98 Å². The highest BCUT2D eigenvalue weighted by atomic mass is 16.3. The van der Waals surface area contributed by atoms with E-state index >= 15 is 0 Å². The van der Waals surface area contributed by atoms with Crippen LogP contribution in [0.2, 0.25) is 0 Å². The summed E-state index contributed by atoms with van der Waals surface area (Å²) < 4.78 is 1.74. The number of hydrogen-bond donors (Lipinski definition) is 1. The fraction of sp³-hybridized carbons (Fsp3) is 0.600. The highest BCUT2D eigenvalue weighted by Crippen LogP contribution is 2.12. The van der Waals surface area contributed by atoms with Crippen molar-refractivity contribution < 1.29 is 9.90 Å². The Morgan fingerprint density at radius 1 is 1.67 bits per heavy atom. The first kappa shape index (κ1) is 10.2. The van der Waals surface area contributed by atoms with Crippen LogP contribution in [0.5, 0.6) is 0 Å². The minimum Gasteiger partial charge on any atom is -0.391 e. The summed E-state index contributed by atoms with van der Waals surface area (Å²) >= 11 is 0. The van der Waals surface area contributed by atoms with Crippen LogP contribution in [0.4, 0.5) is 0 Å². The van der Waals surface area contributed by atoms with Crippen LogP contribution in [-0.4, -0.2) is 44.7 Å². The molecule has 2 rings (SSSR count). The molecule has 1 aromatic heterocycles. The number of imidazole rings is 1. The summed E-state index contributed by atoms with van der Waals surface area (Å²) in [7, 11) is 1.83. The molecular weight excluding hydrogens is 194 g/mol. The van der Waals surface area contributed by atoms with Gasteiger partial charge in [0.25, 0.3) is 5.91 Å². The van der Waals surface area contributed by atoms with Crippen LogP contribution >= 0.6 is 0 Å². The largest absolute Gasteiger partial charge is 0.391 e. The number of likely N-dealkylation sites (tertiary alicyclic amines) is 1. The van der Waals surface area contributed by atoms with Gasteiger partial charge in [-0.1, -0.05) is 0 Å². The lowest BCUT2D eigenvalue weighted by Crippen LogP contribution is -2.42. The highest BCUT2D eigenvalue weighted by Gasteiger charge is 2.24. The van der Waals surface area contributed by atoms with Crippen LogP contribution in [0.15, 0.2) is 12.5 Å². The summed E-state index contributed by atoms with van der Waals surface area (Å²) in [6.45, 7) is 1.14. The Morgan fingerprint density at radius 3 is 3.07 bits per heavy atom. The van der Waals surface area contributed by atoms with E-state index in [1.807, 2.05) is 7.05 Å². The van der Waals surface area contributed by atoms with Crippen LogP contribution in [0.25, 0.3) is 0 Å². The first-order chi connectivity index (χ1) is 7.16. The Bertz CT molecular complexity index is 361. The molecule has 5 nitrogen and oxygen atoms in total. The molecule has 1 N–H and O–H groups in total. The minimum absolute atomic E-state index is 0.0886. The number of carbonyl (C=O) groups excluding carboxylic acids is 1. The molecule has 0 saturated carbocycles. The van der Waals surface area contributed by atoms with Crippen molar-refractivity contribution in [2.24, 2.45) is 7.05 Å². The Balaban J connectivity index is 2.07. The van der Waals surface area contributed by atoms with Crippen molar-refractivity contribution in [3.8, 4) is 0 Å². The fourth-order valence-electron chi connectivity index (χ4n) is 1.82. The van der Waals surface area contributed by atoms with Crippen LogP contribution in [0.1, 0.15) is 23.3 Å². The number of aliphatic hydroxyl groups is 1. The normalized spacial score (nSPS) is 21.7. The summed E-state index contributed by atoms with van der Waals surface area (Å²) in [5.41, 5.74) is 0.451. The second-order valence-corrected chi connectivity index (χ2v) is 3.97. The average Bonchev–Trinajstić information content (AvgIpc) is 2.64. The molecule has 82 valence electrons. The molecule has 1 amide bonds. The van der Waals surface area contributed by atoms with Gasteiger partial charge in [-0.2, -0.15) is 0 Å². The maximum atomic E-state index is 11.9. The molecule has 0 aliphatic carbocycles. The molecular formula is C10H15N3O2. The lowest BCUT2D eigenvalue weighted by Gasteiger charge is -2.29. The zero-order valence-corrected chi connectivity index (χ0v) is 8.76. The molecule has 15 heavy (non-hydrogen) atoms. The van der Waals surface area contributed by atoms with E-state index in [4.69, 9.17) is 0 Å².